The lowest BCUT2D eigenvalue weighted by Gasteiger charge is -2.31. The molecule has 2 atom stereocenters. The van der Waals surface area contributed by atoms with E-state index in [0.717, 1.165) is 22.3 Å². The Morgan fingerprint density at radius 2 is 1.55 bits per heavy atom. The Hall–Kier alpha value is -3.39. The zero-order valence-corrected chi connectivity index (χ0v) is 19.3. The summed E-state index contributed by atoms with van der Waals surface area (Å²) in [5, 5.41) is 11.7. The second kappa shape index (κ2) is 10.5. The smallest absolute Gasteiger partial charge is 0.407 e. The second-order valence-electron chi connectivity index (χ2n) is 8.34. The minimum atomic E-state index is -1.14. The number of rotatable bonds is 9. The van der Waals surface area contributed by atoms with Crippen molar-refractivity contribution < 1.29 is 29.0 Å². The van der Waals surface area contributed by atoms with E-state index in [1.807, 2.05) is 48.5 Å². The summed E-state index contributed by atoms with van der Waals surface area (Å²) in [7, 11) is 1.42. The van der Waals surface area contributed by atoms with E-state index in [1.54, 1.807) is 20.8 Å². The summed E-state index contributed by atoms with van der Waals surface area (Å²) in [6, 6.07) is 14.5. The molecule has 176 valence electrons. The van der Waals surface area contributed by atoms with Gasteiger partial charge in [0.05, 0.1) is 6.10 Å². The molecular formula is C25H30N2O6. The van der Waals surface area contributed by atoms with Gasteiger partial charge in [0.2, 0.25) is 5.91 Å². The number of ether oxygens (including phenoxy) is 2. The highest BCUT2D eigenvalue weighted by molar-refractivity contribution is 5.89. The normalized spacial score (nSPS) is 14.2. The van der Waals surface area contributed by atoms with Gasteiger partial charge in [-0.2, -0.15) is 0 Å². The molecule has 0 fully saturated rings. The fraction of sp³-hybridized carbons (Fsp3) is 0.400. The first kappa shape index (κ1) is 24.3. The number of alkyl carbamates (subject to hydrolysis) is 1. The summed E-state index contributed by atoms with van der Waals surface area (Å²) in [6.07, 6.45) is -1.45. The van der Waals surface area contributed by atoms with Crippen molar-refractivity contribution >= 4 is 18.0 Å². The quantitative estimate of drug-likeness (QED) is 0.603. The number of nitrogens with zero attached hydrogens (tertiary/aromatic N) is 1. The van der Waals surface area contributed by atoms with Crippen molar-refractivity contribution in [2.75, 3.05) is 20.3 Å². The third kappa shape index (κ3) is 5.34. The summed E-state index contributed by atoms with van der Waals surface area (Å²) in [4.78, 5) is 38.2. The molecular weight excluding hydrogens is 424 g/mol. The molecule has 0 bridgehead atoms. The number of carboxylic acids is 1. The maximum Gasteiger partial charge on any atom is 0.407 e. The van der Waals surface area contributed by atoms with Crippen LogP contribution in [0, 0.1) is 0 Å². The number of nitrogens with one attached hydrogen (secondary N) is 1. The molecule has 2 N–H and O–H groups in total. The first-order chi connectivity index (χ1) is 15.7. The highest BCUT2D eigenvalue weighted by Crippen LogP contribution is 2.44. The second-order valence-corrected chi connectivity index (χ2v) is 8.34. The Balaban J connectivity index is 1.73. The number of carboxylic acid groups (broad SMARTS) is 1. The van der Waals surface area contributed by atoms with Crippen molar-refractivity contribution in [1.29, 1.82) is 0 Å². The lowest BCUT2D eigenvalue weighted by atomic mass is 9.98. The fourth-order valence-corrected chi connectivity index (χ4v) is 4.12. The van der Waals surface area contributed by atoms with Crippen LogP contribution in [-0.4, -0.2) is 66.4 Å². The van der Waals surface area contributed by atoms with Gasteiger partial charge in [0.25, 0.3) is 0 Å². The third-order valence-corrected chi connectivity index (χ3v) is 5.94. The topological polar surface area (TPSA) is 105 Å². The van der Waals surface area contributed by atoms with Gasteiger partial charge in [0.1, 0.15) is 19.2 Å². The Morgan fingerprint density at radius 1 is 1.00 bits per heavy atom. The van der Waals surface area contributed by atoms with Crippen LogP contribution < -0.4 is 5.32 Å². The summed E-state index contributed by atoms with van der Waals surface area (Å²) >= 11 is 0. The molecule has 2 aromatic carbocycles. The molecule has 2 amide bonds. The van der Waals surface area contributed by atoms with Crippen molar-refractivity contribution in [3.8, 4) is 11.1 Å². The van der Waals surface area contributed by atoms with Crippen LogP contribution >= 0.6 is 0 Å². The molecule has 8 nitrogen and oxygen atoms in total. The van der Waals surface area contributed by atoms with E-state index < -0.39 is 36.7 Å². The van der Waals surface area contributed by atoms with Gasteiger partial charge >= 0.3 is 12.1 Å². The zero-order chi connectivity index (χ0) is 24.1. The molecule has 0 aliphatic heterocycles. The molecule has 2 aromatic rings. The number of carbonyl (C=O) groups is 3. The van der Waals surface area contributed by atoms with Crippen LogP contribution in [0.15, 0.2) is 48.5 Å². The van der Waals surface area contributed by atoms with Gasteiger partial charge < -0.3 is 24.8 Å². The van der Waals surface area contributed by atoms with Gasteiger partial charge in [-0.25, -0.2) is 4.79 Å². The Bertz CT molecular complexity index is 976. The zero-order valence-electron chi connectivity index (χ0n) is 19.3. The number of amides is 2. The van der Waals surface area contributed by atoms with Crippen LogP contribution in [0.5, 0.6) is 0 Å². The average molecular weight is 455 g/mol. The molecule has 8 heteroatoms. The minimum absolute atomic E-state index is 0.102. The summed E-state index contributed by atoms with van der Waals surface area (Å²) in [5.41, 5.74) is 4.39. The number of hydrogen-bond acceptors (Lipinski definition) is 5. The molecule has 0 saturated heterocycles. The van der Waals surface area contributed by atoms with Crippen LogP contribution in [0.25, 0.3) is 11.1 Å². The van der Waals surface area contributed by atoms with Crippen molar-refractivity contribution in [3.05, 3.63) is 59.7 Å². The average Bonchev–Trinajstić information content (AvgIpc) is 3.12. The Labute approximate surface area is 193 Å². The van der Waals surface area contributed by atoms with Crippen molar-refractivity contribution in [3.63, 3.8) is 0 Å². The van der Waals surface area contributed by atoms with E-state index in [2.05, 4.69) is 5.32 Å². The molecule has 0 saturated carbocycles. The summed E-state index contributed by atoms with van der Waals surface area (Å²) < 4.78 is 10.8. The third-order valence-electron chi connectivity index (χ3n) is 5.94. The van der Waals surface area contributed by atoms with Gasteiger partial charge in [0.15, 0.2) is 0 Å². The Kier molecular flexibility index (Phi) is 7.71. The summed E-state index contributed by atoms with van der Waals surface area (Å²) in [6.45, 7) is 4.68. The monoisotopic (exact) mass is 454 g/mol. The molecule has 0 spiro atoms. The van der Waals surface area contributed by atoms with E-state index >= 15 is 0 Å². The molecule has 3 rings (SSSR count). The van der Waals surface area contributed by atoms with Crippen LogP contribution in [0.1, 0.15) is 37.8 Å². The van der Waals surface area contributed by atoms with E-state index in [-0.39, 0.29) is 18.6 Å². The summed E-state index contributed by atoms with van der Waals surface area (Å²) in [5.74, 6) is -1.80. The van der Waals surface area contributed by atoms with E-state index in [4.69, 9.17) is 14.6 Å². The van der Waals surface area contributed by atoms with E-state index in [1.165, 1.54) is 12.0 Å². The van der Waals surface area contributed by atoms with Crippen molar-refractivity contribution in [2.45, 2.75) is 44.9 Å². The molecule has 0 radical (unpaired) electrons. The number of hydrogen-bond donors (Lipinski definition) is 2. The number of aliphatic carboxylic acids is 1. The van der Waals surface area contributed by atoms with Gasteiger partial charge in [-0.3, -0.25) is 9.59 Å². The fourth-order valence-electron chi connectivity index (χ4n) is 4.12. The largest absolute Gasteiger partial charge is 0.480 e. The molecule has 1 aliphatic rings. The SMILES string of the molecule is CO[C@H](C)[C@H](NC(=O)OCC1c2ccccc2-c2ccccc21)C(=O)N(CC(=O)O)C(C)C. The first-order valence-electron chi connectivity index (χ1n) is 10.9. The van der Waals surface area contributed by atoms with Gasteiger partial charge in [0, 0.05) is 19.1 Å². The highest BCUT2D eigenvalue weighted by Gasteiger charge is 2.34. The standard InChI is InChI=1S/C25H30N2O6/c1-15(2)27(13-22(28)29)24(30)23(16(3)32-4)26-25(31)33-14-21-19-11-7-5-9-17(19)18-10-6-8-12-20(18)21/h5-12,15-16,21,23H,13-14H2,1-4H3,(H,26,31)(H,28,29)/t16-,23+/m1/s1. The number of carbonyl (C=O) groups excluding carboxylic acids is 2. The van der Waals surface area contributed by atoms with Crippen molar-refractivity contribution in [1.82, 2.24) is 10.2 Å². The van der Waals surface area contributed by atoms with Crippen LogP contribution in [0.4, 0.5) is 4.79 Å². The molecule has 0 heterocycles. The van der Waals surface area contributed by atoms with Crippen LogP contribution in [0.2, 0.25) is 0 Å². The predicted molar refractivity (Wildman–Crippen MR) is 123 cm³/mol. The van der Waals surface area contributed by atoms with Crippen LogP contribution in [0.3, 0.4) is 0 Å². The number of fused-ring (bicyclic) bond motifs is 3. The molecule has 1 aliphatic carbocycles. The van der Waals surface area contributed by atoms with Gasteiger partial charge in [-0.1, -0.05) is 48.5 Å². The molecule has 0 aromatic heterocycles. The number of methoxy groups -OCH3 is 1. The molecule has 33 heavy (non-hydrogen) atoms. The highest BCUT2D eigenvalue weighted by atomic mass is 16.5. The minimum Gasteiger partial charge on any atom is -0.480 e. The predicted octanol–water partition coefficient (Wildman–Crippen LogP) is 3.25. The molecule has 0 unspecified atom stereocenters. The van der Waals surface area contributed by atoms with Gasteiger partial charge in [-0.15, -0.1) is 0 Å². The van der Waals surface area contributed by atoms with E-state index in [0.29, 0.717) is 0 Å². The Morgan fingerprint density at radius 3 is 2.03 bits per heavy atom. The van der Waals surface area contributed by atoms with Gasteiger partial charge in [-0.05, 0) is 43.0 Å². The number of benzene rings is 2. The lowest BCUT2D eigenvalue weighted by molar-refractivity contribution is -0.148. The van der Waals surface area contributed by atoms with E-state index in [9.17, 15) is 14.4 Å². The maximum atomic E-state index is 13.1. The van der Waals surface area contributed by atoms with Crippen LogP contribution in [-0.2, 0) is 19.1 Å². The lowest BCUT2D eigenvalue weighted by Crippen LogP contribution is -2.56. The first-order valence-corrected chi connectivity index (χ1v) is 10.9. The maximum absolute atomic E-state index is 13.1. The van der Waals surface area contributed by atoms with Crippen molar-refractivity contribution in [2.24, 2.45) is 0 Å².